The lowest BCUT2D eigenvalue weighted by Gasteiger charge is -2.32. The Morgan fingerprint density at radius 2 is 2.18 bits per heavy atom. The highest BCUT2D eigenvalue weighted by Gasteiger charge is 2.22. The molecule has 4 nitrogen and oxygen atoms in total. The van der Waals surface area contributed by atoms with Crippen molar-refractivity contribution in [1.82, 2.24) is 15.1 Å². The van der Waals surface area contributed by atoms with E-state index in [9.17, 15) is 0 Å². The minimum atomic E-state index is 0.599. The molecule has 1 fully saturated rings. The van der Waals surface area contributed by atoms with Gasteiger partial charge in [0.05, 0.1) is 16.4 Å². The first-order valence-electron chi connectivity index (χ1n) is 6.23. The second kappa shape index (κ2) is 5.85. The number of halogens is 1. The molecule has 17 heavy (non-hydrogen) atoms. The second-order valence-corrected chi connectivity index (χ2v) is 4.89. The van der Waals surface area contributed by atoms with Gasteiger partial charge in [0.15, 0.2) is 0 Å². The molecule has 0 radical (unpaired) electrons. The van der Waals surface area contributed by atoms with Crippen LogP contribution in [0.3, 0.4) is 0 Å². The van der Waals surface area contributed by atoms with Crippen molar-refractivity contribution in [2.75, 3.05) is 19.8 Å². The first kappa shape index (κ1) is 12.9. The standard InChI is InChI=1S/C12H20ClN3O/c1-3-16(10-4-6-17-7-5-10)8-11-12(13)9(2)14-15-11/h10H,3-8H2,1-2H3,(H,14,15). The highest BCUT2D eigenvalue weighted by molar-refractivity contribution is 6.31. The average Bonchev–Trinajstić information content (AvgIpc) is 2.68. The van der Waals surface area contributed by atoms with Gasteiger partial charge in [-0.05, 0) is 26.3 Å². The van der Waals surface area contributed by atoms with E-state index >= 15 is 0 Å². The van der Waals surface area contributed by atoms with Crippen LogP contribution in [0.15, 0.2) is 0 Å². The highest BCUT2D eigenvalue weighted by atomic mass is 35.5. The highest BCUT2D eigenvalue weighted by Crippen LogP contribution is 2.22. The molecule has 0 spiro atoms. The number of H-pyrrole nitrogens is 1. The van der Waals surface area contributed by atoms with E-state index in [0.29, 0.717) is 6.04 Å². The lowest BCUT2D eigenvalue weighted by atomic mass is 10.1. The molecule has 1 N–H and O–H groups in total. The van der Waals surface area contributed by atoms with E-state index in [1.807, 2.05) is 6.92 Å². The SMILES string of the molecule is CCN(Cc1n[nH]c(C)c1Cl)C1CCOCC1. The Kier molecular flexibility index (Phi) is 4.42. The summed E-state index contributed by atoms with van der Waals surface area (Å²) in [7, 11) is 0. The summed E-state index contributed by atoms with van der Waals surface area (Å²) in [5.41, 5.74) is 1.90. The van der Waals surface area contributed by atoms with Crippen LogP contribution in [0.1, 0.15) is 31.2 Å². The number of hydrogen-bond acceptors (Lipinski definition) is 3. The zero-order valence-electron chi connectivity index (χ0n) is 10.5. The van der Waals surface area contributed by atoms with E-state index in [-0.39, 0.29) is 0 Å². The van der Waals surface area contributed by atoms with Gasteiger partial charge in [-0.1, -0.05) is 18.5 Å². The molecule has 1 aromatic rings. The Hall–Kier alpha value is -0.580. The third kappa shape index (κ3) is 3.00. The summed E-state index contributed by atoms with van der Waals surface area (Å²) in [5, 5.41) is 7.98. The van der Waals surface area contributed by atoms with Crippen LogP contribution in [0.25, 0.3) is 0 Å². The normalized spacial score (nSPS) is 17.9. The topological polar surface area (TPSA) is 41.2 Å². The summed E-state index contributed by atoms with van der Waals surface area (Å²) in [6, 6.07) is 0.599. The fourth-order valence-electron chi connectivity index (χ4n) is 2.31. The van der Waals surface area contributed by atoms with Crippen LogP contribution >= 0.6 is 11.6 Å². The maximum atomic E-state index is 6.20. The van der Waals surface area contributed by atoms with E-state index in [4.69, 9.17) is 16.3 Å². The maximum absolute atomic E-state index is 6.20. The van der Waals surface area contributed by atoms with Crippen molar-refractivity contribution in [2.45, 2.75) is 39.3 Å². The Labute approximate surface area is 107 Å². The predicted octanol–water partition coefficient (Wildman–Crippen LogP) is 2.37. The maximum Gasteiger partial charge on any atom is 0.0951 e. The van der Waals surface area contributed by atoms with Gasteiger partial charge in [0.25, 0.3) is 0 Å². The number of nitrogens with one attached hydrogen (secondary N) is 1. The Balaban J connectivity index is 2.01. The van der Waals surface area contributed by atoms with Crippen LogP contribution in [0, 0.1) is 6.92 Å². The summed E-state index contributed by atoms with van der Waals surface area (Å²) in [5.74, 6) is 0. The van der Waals surface area contributed by atoms with Crippen LogP contribution < -0.4 is 0 Å². The molecule has 0 bridgehead atoms. The quantitative estimate of drug-likeness (QED) is 0.900. The fraction of sp³-hybridized carbons (Fsp3) is 0.750. The third-order valence-electron chi connectivity index (χ3n) is 3.41. The van der Waals surface area contributed by atoms with Gasteiger partial charge in [0.2, 0.25) is 0 Å². The van der Waals surface area contributed by atoms with Gasteiger partial charge >= 0.3 is 0 Å². The molecule has 1 saturated heterocycles. The van der Waals surface area contributed by atoms with E-state index < -0.39 is 0 Å². The molecule has 1 aromatic heterocycles. The Morgan fingerprint density at radius 1 is 1.47 bits per heavy atom. The first-order chi connectivity index (χ1) is 8.22. The molecular formula is C12H20ClN3O. The molecule has 0 unspecified atom stereocenters. The molecule has 96 valence electrons. The molecule has 1 aliphatic rings. The van der Waals surface area contributed by atoms with Crippen LogP contribution in [0.2, 0.25) is 5.02 Å². The zero-order valence-corrected chi connectivity index (χ0v) is 11.3. The van der Waals surface area contributed by atoms with Gasteiger partial charge in [0, 0.05) is 25.8 Å². The number of aromatic nitrogens is 2. The molecule has 0 aliphatic carbocycles. The van der Waals surface area contributed by atoms with E-state index in [1.165, 1.54) is 0 Å². The van der Waals surface area contributed by atoms with Crippen LogP contribution in [-0.4, -0.2) is 40.9 Å². The molecule has 1 aliphatic heterocycles. The second-order valence-electron chi connectivity index (χ2n) is 4.52. The number of aryl methyl sites for hydroxylation is 1. The lowest BCUT2D eigenvalue weighted by molar-refractivity contribution is 0.0326. The molecule has 0 aromatic carbocycles. The van der Waals surface area contributed by atoms with Gasteiger partial charge in [-0.2, -0.15) is 5.10 Å². The largest absolute Gasteiger partial charge is 0.381 e. The Morgan fingerprint density at radius 3 is 2.71 bits per heavy atom. The molecule has 2 rings (SSSR count). The van der Waals surface area contributed by atoms with Crippen molar-refractivity contribution in [3.63, 3.8) is 0 Å². The minimum absolute atomic E-state index is 0.599. The zero-order chi connectivity index (χ0) is 12.3. The number of nitrogens with zero attached hydrogens (tertiary/aromatic N) is 2. The fourth-order valence-corrected chi connectivity index (χ4v) is 2.46. The first-order valence-corrected chi connectivity index (χ1v) is 6.61. The van der Waals surface area contributed by atoms with Crippen molar-refractivity contribution in [2.24, 2.45) is 0 Å². The summed E-state index contributed by atoms with van der Waals surface area (Å²) < 4.78 is 5.40. The summed E-state index contributed by atoms with van der Waals surface area (Å²) in [4.78, 5) is 2.43. The average molecular weight is 258 g/mol. The minimum Gasteiger partial charge on any atom is -0.381 e. The van der Waals surface area contributed by atoms with Gasteiger partial charge in [0.1, 0.15) is 0 Å². The summed E-state index contributed by atoms with van der Waals surface area (Å²) in [6.07, 6.45) is 2.21. The van der Waals surface area contributed by atoms with Gasteiger partial charge < -0.3 is 4.74 Å². The van der Waals surface area contributed by atoms with E-state index in [2.05, 4.69) is 22.0 Å². The van der Waals surface area contributed by atoms with Crippen LogP contribution in [0.4, 0.5) is 0 Å². The van der Waals surface area contributed by atoms with Crippen LogP contribution in [0.5, 0.6) is 0 Å². The number of hydrogen-bond donors (Lipinski definition) is 1. The molecule has 0 atom stereocenters. The number of rotatable bonds is 4. The molecule has 0 amide bonds. The lowest BCUT2D eigenvalue weighted by Crippen LogP contribution is -2.39. The van der Waals surface area contributed by atoms with Crippen molar-refractivity contribution >= 4 is 11.6 Å². The van der Waals surface area contributed by atoms with Gasteiger partial charge in [-0.25, -0.2) is 0 Å². The van der Waals surface area contributed by atoms with Crippen molar-refractivity contribution in [3.8, 4) is 0 Å². The molecule has 0 saturated carbocycles. The molecule has 5 heteroatoms. The molecular weight excluding hydrogens is 238 g/mol. The van der Waals surface area contributed by atoms with E-state index in [0.717, 1.165) is 55.6 Å². The van der Waals surface area contributed by atoms with E-state index in [1.54, 1.807) is 0 Å². The van der Waals surface area contributed by atoms with Crippen LogP contribution in [-0.2, 0) is 11.3 Å². The van der Waals surface area contributed by atoms with Crippen molar-refractivity contribution in [1.29, 1.82) is 0 Å². The summed E-state index contributed by atoms with van der Waals surface area (Å²) in [6.45, 7) is 7.71. The smallest absolute Gasteiger partial charge is 0.0951 e. The number of ether oxygens (including phenoxy) is 1. The summed E-state index contributed by atoms with van der Waals surface area (Å²) >= 11 is 6.20. The van der Waals surface area contributed by atoms with Crippen molar-refractivity contribution in [3.05, 3.63) is 16.4 Å². The third-order valence-corrected chi connectivity index (χ3v) is 3.91. The Bertz CT molecular complexity index is 361. The monoisotopic (exact) mass is 257 g/mol. The predicted molar refractivity (Wildman–Crippen MR) is 68.3 cm³/mol. The van der Waals surface area contributed by atoms with Gasteiger partial charge in [-0.15, -0.1) is 0 Å². The van der Waals surface area contributed by atoms with Crippen molar-refractivity contribution < 1.29 is 4.74 Å². The number of aromatic amines is 1. The van der Waals surface area contributed by atoms with Gasteiger partial charge in [-0.3, -0.25) is 10.00 Å². The molecule has 2 heterocycles.